The Hall–Kier alpha value is -2.35. The van der Waals surface area contributed by atoms with Gasteiger partial charge in [-0.15, -0.1) is 15.2 Å². The molecule has 0 fully saturated rings. The molecule has 70 valence electrons. The molecule has 1 rings (SSSR count). The van der Waals surface area contributed by atoms with E-state index in [1.54, 1.807) is 7.05 Å². The molecule has 0 aliphatic rings. The molecule has 0 aliphatic carbocycles. The molecule has 0 amide bonds. The molecule has 0 atom stereocenters. The van der Waals surface area contributed by atoms with Crippen molar-refractivity contribution in [2.24, 2.45) is 12.2 Å². The van der Waals surface area contributed by atoms with Gasteiger partial charge in [-0.25, -0.2) is 4.98 Å². The van der Waals surface area contributed by atoms with E-state index in [9.17, 15) is 0 Å². The maximum Gasteiger partial charge on any atom is 0.291 e. The van der Waals surface area contributed by atoms with E-state index in [1.165, 1.54) is 11.0 Å². The number of hydrogen-bond acceptors (Lipinski definition) is 5. The zero-order valence-corrected chi connectivity index (χ0v) is 6.47. The fourth-order valence-corrected chi connectivity index (χ4v) is 0.414. The second-order valence-corrected chi connectivity index (χ2v) is 1.65. The lowest BCUT2D eigenvalue weighted by molar-refractivity contribution is -0.742. The van der Waals surface area contributed by atoms with Gasteiger partial charge in [0.25, 0.3) is 5.09 Å². The maximum absolute atomic E-state index is 8.36. The summed E-state index contributed by atoms with van der Waals surface area (Å²) >= 11 is 0. The molecule has 0 saturated carbocycles. The lowest BCUT2D eigenvalue weighted by Crippen LogP contribution is -1.84. The van der Waals surface area contributed by atoms with Gasteiger partial charge in [-0.1, -0.05) is 0 Å². The molecular formula is C3H5N7O3. The lowest BCUT2D eigenvalue weighted by atomic mass is 11.1. The van der Waals surface area contributed by atoms with Gasteiger partial charge in [-0.2, -0.15) is 0 Å². The second kappa shape index (κ2) is 5.32. The van der Waals surface area contributed by atoms with Gasteiger partial charge >= 0.3 is 0 Å². The first-order valence-electron chi connectivity index (χ1n) is 2.80. The summed E-state index contributed by atoms with van der Waals surface area (Å²) in [6, 6.07) is 0. The SMILES string of the molecule is Cn1cnc(N=[N+]=[N-])n1.O=[N+]([O-])O. The predicted octanol–water partition coefficient (Wildman–Crippen LogP) is 0.409. The number of aromatic nitrogens is 3. The van der Waals surface area contributed by atoms with Crippen LogP contribution in [0.1, 0.15) is 0 Å². The Morgan fingerprint density at radius 1 is 1.92 bits per heavy atom. The van der Waals surface area contributed by atoms with Crippen molar-refractivity contribution in [3.05, 3.63) is 26.9 Å². The first kappa shape index (κ1) is 10.7. The minimum atomic E-state index is -1.50. The average molecular weight is 187 g/mol. The molecule has 1 aromatic rings. The van der Waals surface area contributed by atoms with Crippen molar-refractivity contribution in [2.45, 2.75) is 0 Å². The van der Waals surface area contributed by atoms with Crippen LogP contribution in [0.15, 0.2) is 11.4 Å². The van der Waals surface area contributed by atoms with E-state index in [2.05, 4.69) is 20.1 Å². The van der Waals surface area contributed by atoms with Gasteiger partial charge in [0.15, 0.2) is 0 Å². The standard InChI is InChI=1S/C3H4N6.HNO3/c1-9-2-5-3(7-9)6-8-4;2-1(3)4/h2H,1H3;(H,2,3,4). The van der Waals surface area contributed by atoms with Crippen LogP contribution in [0.3, 0.4) is 0 Å². The van der Waals surface area contributed by atoms with Crippen LogP contribution in [-0.4, -0.2) is 25.1 Å². The summed E-state index contributed by atoms with van der Waals surface area (Å²) in [5.41, 5.74) is 7.90. The molecule has 10 nitrogen and oxygen atoms in total. The zero-order valence-electron chi connectivity index (χ0n) is 6.47. The highest BCUT2D eigenvalue weighted by atomic mass is 16.9. The van der Waals surface area contributed by atoms with Gasteiger partial charge in [0.1, 0.15) is 6.33 Å². The van der Waals surface area contributed by atoms with E-state index in [0.29, 0.717) is 0 Å². The van der Waals surface area contributed by atoms with Crippen LogP contribution in [0.5, 0.6) is 0 Å². The number of hydrogen-bond donors (Lipinski definition) is 1. The molecule has 0 saturated heterocycles. The summed E-state index contributed by atoms with van der Waals surface area (Å²) in [7, 11) is 1.70. The highest BCUT2D eigenvalue weighted by molar-refractivity contribution is 5.08. The van der Waals surface area contributed by atoms with Crippen LogP contribution in [0.2, 0.25) is 0 Å². The van der Waals surface area contributed by atoms with E-state index < -0.39 is 5.09 Å². The summed E-state index contributed by atoms with van der Waals surface area (Å²) in [5.74, 6) is 0.153. The summed E-state index contributed by atoms with van der Waals surface area (Å²) in [4.78, 5) is 14.5. The first-order valence-corrected chi connectivity index (χ1v) is 2.80. The van der Waals surface area contributed by atoms with Crippen LogP contribution < -0.4 is 0 Å². The fraction of sp³-hybridized carbons (Fsp3) is 0.333. The first-order chi connectivity index (χ1) is 6.06. The minimum Gasteiger partial charge on any atom is -0.328 e. The summed E-state index contributed by atoms with van der Waals surface area (Å²) in [6.45, 7) is 0. The molecule has 0 unspecified atom stereocenters. The number of azide groups is 1. The number of aryl methyl sites for hydroxylation is 1. The Bertz CT molecular complexity index is 321. The van der Waals surface area contributed by atoms with Gasteiger partial charge in [-0.05, 0) is 10.6 Å². The molecule has 13 heavy (non-hydrogen) atoms. The Kier molecular flexibility index (Phi) is 4.36. The van der Waals surface area contributed by atoms with Crippen molar-refractivity contribution in [2.75, 3.05) is 0 Å². The average Bonchev–Trinajstić information content (AvgIpc) is 2.35. The molecule has 0 bridgehead atoms. The van der Waals surface area contributed by atoms with Crippen LogP contribution in [-0.2, 0) is 7.05 Å². The van der Waals surface area contributed by atoms with Crippen molar-refractivity contribution in [3.8, 4) is 0 Å². The second-order valence-electron chi connectivity index (χ2n) is 1.65. The molecule has 0 aromatic carbocycles. The summed E-state index contributed by atoms with van der Waals surface area (Å²) in [5, 5.41) is 20.5. The molecule has 0 spiro atoms. The Morgan fingerprint density at radius 3 is 2.77 bits per heavy atom. The highest BCUT2D eigenvalue weighted by Crippen LogP contribution is 1.98. The molecular weight excluding hydrogens is 182 g/mol. The van der Waals surface area contributed by atoms with Crippen molar-refractivity contribution in [3.63, 3.8) is 0 Å². The van der Waals surface area contributed by atoms with Gasteiger partial charge in [0.2, 0.25) is 5.95 Å². The van der Waals surface area contributed by atoms with E-state index in [1.807, 2.05) is 0 Å². The van der Waals surface area contributed by atoms with Crippen LogP contribution >= 0.6 is 0 Å². The summed E-state index contributed by atoms with van der Waals surface area (Å²) < 4.78 is 1.46. The largest absolute Gasteiger partial charge is 0.328 e. The van der Waals surface area contributed by atoms with Gasteiger partial charge in [0.05, 0.1) is 0 Å². The predicted molar refractivity (Wildman–Crippen MR) is 38.6 cm³/mol. The van der Waals surface area contributed by atoms with E-state index in [4.69, 9.17) is 20.9 Å². The van der Waals surface area contributed by atoms with Crippen molar-refractivity contribution in [1.29, 1.82) is 0 Å². The molecule has 0 radical (unpaired) electrons. The van der Waals surface area contributed by atoms with Gasteiger partial charge < -0.3 is 5.21 Å². The smallest absolute Gasteiger partial charge is 0.291 e. The van der Waals surface area contributed by atoms with Crippen molar-refractivity contribution >= 4 is 5.95 Å². The molecule has 1 aromatic heterocycles. The highest BCUT2D eigenvalue weighted by Gasteiger charge is 1.89. The summed E-state index contributed by atoms with van der Waals surface area (Å²) in [6.07, 6.45) is 1.46. The minimum absolute atomic E-state index is 0.153. The Morgan fingerprint density at radius 2 is 2.46 bits per heavy atom. The molecule has 10 heteroatoms. The molecule has 1 N–H and O–H groups in total. The zero-order chi connectivity index (χ0) is 10.3. The number of nitrogens with zero attached hydrogens (tertiary/aromatic N) is 7. The van der Waals surface area contributed by atoms with E-state index >= 15 is 0 Å². The van der Waals surface area contributed by atoms with Gasteiger partial charge in [-0.3, -0.25) is 4.68 Å². The van der Waals surface area contributed by atoms with Crippen molar-refractivity contribution in [1.82, 2.24) is 14.8 Å². The van der Waals surface area contributed by atoms with Crippen molar-refractivity contribution < 1.29 is 10.3 Å². The normalized spacial score (nSPS) is 7.77. The van der Waals surface area contributed by atoms with E-state index in [0.717, 1.165) is 0 Å². The lowest BCUT2D eigenvalue weighted by Gasteiger charge is -1.77. The maximum atomic E-state index is 8.36. The van der Waals surface area contributed by atoms with Crippen LogP contribution in [0.25, 0.3) is 10.4 Å². The third-order valence-electron chi connectivity index (χ3n) is 0.722. The fourth-order valence-electron chi connectivity index (χ4n) is 0.414. The van der Waals surface area contributed by atoms with Gasteiger partial charge in [0, 0.05) is 12.0 Å². The topological polar surface area (TPSA) is 143 Å². The molecule has 0 aliphatic heterocycles. The number of rotatable bonds is 1. The van der Waals surface area contributed by atoms with E-state index in [-0.39, 0.29) is 5.95 Å². The monoisotopic (exact) mass is 187 g/mol. The van der Waals surface area contributed by atoms with Crippen LogP contribution in [0.4, 0.5) is 5.95 Å². The Labute approximate surface area is 71.2 Å². The van der Waals surface area contributed by atoms with Crippen LogP contribution in [0, 0.1) is 10.1 Å². The third-order valence-corrected chi connectivity index (χ3v) is 0.722. The molecule has 1 heterocycles. The quantitative estimate of drug-likeness (QED) is 0.222. The third kappa shape index (κ3) is 6.06. The Balaban J connectivity index is 0.000000310.